The molecule has 0 bridgehead atoms. The van der Waals surface area contributed by atoms with Gasteiger partial charge < -0.3 is 4.57 Å². The largest absolute Gasteiger partial charge is 0.417 e. The lowest BCUT2D eigenvalue weighted by atomic mass is 10.2. The van der Waals surface area contributed by atoms with Gasteiger partial charge in [-0.25, -0.2) is 19.5 Å². The molecule has 1 aliphatic carbocycles. The lowest BCUT2D eigenvalue weighted by Crippen LogP contribution is -2.05. The van der Waals surface area contributed by atoms with E-state index in [1.807, 2.05) is 17.5 Å². The van der Waals surface area contributed by atoms with Crippen molar-refractivity contribution in [2.45, 2.75) is 36.9 Å². The second-order valence-electron chi connectivity index (χ2n) is 7.05. The van der Waals surface area contributed by atoms with Gasteiger partial charge in [0.1, 0.15) is 16.4 Å². The van der Waals surface area contributed by atoms with Crippen LogP contribution in [0.15, 0.2) is 29.6 Å². The number of halogens is 3. The van der Waals surface area contributed by atoms with Gasteiger partial charge in [-0.1, -0.05) is 6.92 Å². The molecule has 0 aromatic carbocycles. The Hall–Kier alpha value is -2.62. The summed E-state index contributed by atoms with van der Waals surface area (Å²) in [5, 5.41) is 5.54. The Morgan fingerprint density at radius 1 is 1.21 bits per heavy atom. The summed E-state index contributed by atoms with van der Waals surface area (Å²) < 4.78 is 42.8. The Bertz CT molecular complexity index is 1240. The maximum Gasteiger partial charge on any atom is 0.417 e. The summed E-state index contributed by atoms with van der Waals surface area (Å²) in [5.41, 5.74) is 2.27. The zero-order valence-corrected chi connectivity index (χ0v) is 16.5. The number of hydrogen-bond acceptors (Lipinski definition) is 5. The minimum absolute atomic E-state index is 0.197. The molecule has 1 aliphatic rings. The van der Waals surface area contributed by atoms with Crippen molar-refractivity contribution in [1.29, 1.82) is 0 Å². The molecule has 1 saturated carbocycles. The summed E-state index contributed by atoms with van der Waals surface area (Å²) in [6.45, 7) is 2.03. The van der Waals surface area contributed by atoms with E-state index in [-0.39, 0.29) is 5.52 Å². The molecule has 0 unspecified atom stereocenters. The van der Waals surface area contributed by atoms with Crippen molar-refractivity contribution in [3.63, 3.8) is 0 Å². The summed E-state index contributed by atoms with van der Waals surface area (Å²) in [6.07, 6.45) is 0.390. The van der Waals surface area contributed by atoms with E-state index in [9.17, 15) is 13.2 Å². The van der Waals surface area contributed by atoms with E-state index in [1.165, 1.54) is 0 Å². The number of pyridine rings is 1. The number of rotatable bonds is 4. The van der Waals surface area contributed by atoms with Crippen LogP contribution < -0.4 is 0 Å². The first-order valence-corrected chi connectivity index (χ1v) is 10.3. The first kappa shape index (κ1) is 18.4. The van der Waals surface area contributed by atoms with Crippen molar-refractivity contribution in [1.82, 2.24) is 29.1 Å². The van der Waals surface area contributed by atoms with E-state index in [0.717, 1.165) is 47.1 Å². The van der Waals surface area contributed by atoms with Crippen LogP contribution in [-0.2, 0) is 13.2 Å². The number of thioether (sulfide) groups is 1. The molecule has 29 heavy (non-hydrogen) atoms. The smallest absolute Gasteiger partial charge is 0.312 e. The van der Waals surface area contributed by atoms with E-state index < -0.39 is 11.7 Å². The Balaban J connectivity index is 1.76. The summed E-state index contributed by atoms with van der Waals surface area (Å²) in [7, 11) is 1.75. The van der Waals surface area contributed by atoms with Gasteiger partial charge in [0.05, 0.1) is 11.1 Å². The highest BCUT2D eigenvalue weighted by Gasteiger charge is 2.33. The molecule has 4 aromatic rings. The van der Waals surface area contributed by atoms with E-state index in [0.29, 0.717) is 23.0 Å². The quantitative estimate of drug-likeness (QED) is 0.450. The normalized spacial score (nSPS) is 14.9. The fourth-order valence-corrected chi connectivity index (χ4v) is 4.26. The van der Waals surface area contributed by atoms with Gasteiger partial charge in [0, 0.05) is 31.1 Å². The van der Waals surface area contributed by atoms with Crippen LogP contribution in [0.2, 0.25) is 0 Å². The fraction of sp³-hybridized carbons (Fsp3) is 0.368. The van der Waals surface area contributed by atoms with Crippen molar-refractivity contribution in [2.75, 3.05) is 5.75 Å². The molecule has 0 amide bonds. The monoisotopic (exact) mass is 418 g/mol. The molecule has 6 nitrogen and oxygen atoms in total. The second-order valence-corrected chi connectivity index (χ2v) is 8.30. The molecule has 4 heterocycles. The highest BCUT2D eigenvalue weighted by atomic mass is 32.2. The molecule has 0 radical (unpaired) electrons. The van der Waals surface area contributed by atoms with E-state index >= 15 is 0 Å². The van der Waals surface area contributed by atoms with Gasteiger partial charge in [-0.05, 0) is 30.7 Å². The molecule has 0 aliphatic heterocycles. The third-order valence-corrected chi connectivity index (χ3v) is 5.90. The molecule has 10 heteroatoms. The number of hydrogen-bond donors (Lipinski definition) is 0. The van der Waals surface area contributed by atoms with Crippen LogP contribution >= 0.6 is 11.8 Å². The molecule has 0 N–H and O–H groups in total. The van der Waals surface area contributed by atoms with Crippen molar-refractivity contribution in [3.8, 4) is 11.4 Å². The van der Waals surface area contributed by atoms with Crippen LogP contribution in [-0.4, -0.2) is 34.9 Å². The SMILES string of the molecule is CCSc1nn2c(C3CC3)ccnc2c1-c1nc2cc(C(F)(F)F)cnc2n1C. The molecule has 4 aromatic heterocycles. The topological polar surface area (TPSA) is 60.9 Å². The zero-order chi connectivity index (χ0) is 20.3. The Morgan fingerprint density at radius 2 is 2.00 bits per heavy atom. The first-order chi connectivity index (χ1) is 13.9. The van der Waals surface area contributed by atoms with Gasteiger partial charge >= 0.3 is 6.18 Å². The third-order valence-electron chi connectivity index (χ3n) is 5.05. The number of nitrogens with zero attached hydrogens (tertiary/aromatic N) is 6. The molecule has 0 atom stereocenters. The molecule has 1 fully saturated rings. The van der Waals surface area contributed by atoms with Crippen LogP contribution in [0, 0.1) is 0 Å². The number of aryl methyl sites for hydroxylation is 1. The number of aromatic nitrogens is 6. The lowest BCUT2D eigenvalue weighted by Gasteiger charge is -2.05. The van der Waals surface area contributed by atoms with Crippen molar-refractivity contribution < 1.29 is 13.2 Å². The van der Waals surface area contributed by atoms with Crippen molar-refractivity contribution in [3.05, 3.63) is 35.8 Å². The molecular formula is C19H17F3N6S. The van der Waals surface area contributed by atoms with Crippen LogP contribution in [0.25, 0.3) is 28.2 Å². The van der Waals surface area contributed by atoms with E-state index in [1.54, 1.807) is 29.6 Å². The van der Waals surface area contributed by atoms with Gasteiger partial charge in [0.15, 0.2) is 11.3 Å². The Kier molecular flexibility index (Phi) is 4.09. The van der Waals surface area contributed by atoms with Gasteiger partial charge in [-0.15, -0.1) is 11.8 Å². The predicted octanol–water partition coefficient (Wildman–Crippen LogP) is 4.69. The van der Waals surface area contributed by atoms with Gasteiger partial charge in [-0.3, -0.25) is 0 Å². The predicted molar refractivity (Wildman–Crippen MR) is 104 cm³/mol. The van der Waals surface area contributed by atoms with Crippen LogP contribution in [0.5, 0.6) is 0 Å². The van der Waals surface area contributed by atoms with Crippen molar-refractivity contribution in [2.24, 2.45) is 7.05 Å². The Morgan fingerprint density at radius 3 is 2.69 bits per heavy atom. The summed E-state index contributed by atoms with van der Waals surface area (Å²) in [6, 6.07) is 3.02. The average molecular weight is 418 g/mol. The lowest BCUT2D eigenvalue weighted by molar-refractivity contribution is -0.137. The summed E-state index contributed by atoms with van der Waals surface area (Å²) in [5.74, 6) is 1.79. The molecule has 5 rings (SSSR count). The first-order valence-electron chi connectivity index (χ1n) is 9.29. The standard InChI is InChI=1S/C19H17F3N6S/c1-3-29-18-14(16-23-7-6-13(10-4-5-10)28(16)26-18)17-25-12-8-11(19(20,21)22)9-24-15(12)27(17)2/h6-10H,3-5H2,1-2H3. The van der Waals surface area contributed by atoms with Crippen LogP contribution in [0.4, 0.5) is 13.2 Å². The highest BCUT2D eigenvalue weighted by molar-refractivity contribution is 7.99. The van der Waals surface area contributed by atoms with Crippen LogP contribution in [0.3, 0.4) is 0 Å². The maximum atomic E-state index is 13.1. The number of imidazole rings is 1. The number of alkyl halides is 3. The van der Waals surface area contributed by atoms with E-state index in [2.05, 4.69) is 15.0 Å². The Labute approximate surface area is 168 Å². The van der Waals surface area contributed by atoms with Crippen LogP contribution in [0.1, 0.15) is 36.9 Å². The minimum atomic E-state index is -4.47. The average Bonchev–Trinajstić information content (AvgIpc) is 3.39. The second kappa shape index (κ2) is 6.45. The minimum Gasteiger partial charge on any atom is -0.312 e. The van der Waals surface area contributed by atoms with Gasteiger partial charge in [0.2, 0.25) is 0 Å². The number of fused-ring (bicyclic) bond motifs is 2. The third kappa shape index (κ3) is 2.97. The summed E-state index contributed by atoms with van der Waals surface area (Å²) in [4.78, 5) is 13.1. The van der Waals surface area contributed by atoms with Gasteiger partial charge in [0.25, 0.3) is 0 Å². The molecule has 0 spiro atoms. The molecular weight excluding hydrogens is 401 g/mol. The molecule has 150 valence electrons. The molecule has 0 saturated heterocycles. The summed E-state index contributed by atoms with van der Waals surface area (Å²) >= 11 is 1.56. The maximum absolute atomic E-state index is 13.1. The van der Waals surface area contributed by atoms with Gasteiger partial charge in [-0.2, -0.15) is 18.3 Å². The zero-order valence-electron chi connectivity index (χ0n) is 15.7. The van der Waals surface area contributed by atoms with E-state index in [4.69, 9.17) is 5.10 Å². The van der Waals surface area contributed by atoms with Crippen molar-refractivity contribution >= 4 is 28.6 Å². The fourth-order valence-electron chi connectivity index (χ4n) is 3.52. The highest BCUT2D eigenvalue weighted by Crippen LogP contribution is 2.42.